The van der Waals surface area contributed by atoms with Gasteiger partial charge in [0.2, 0.25) is 0 Å². The SMILES string of the molecule is CC(=O)CC/C=C/COC1CCCCO1. The molecule has 0 radical (unpaired) electrons. The Labute approximate surface area is 91.4 Å². The van der Waals surface area contributed by atoms with Crippen LogP contribution in [0.1, 0.15) is 39.0 Å². The molecule has 86 valence electrons. The predicted molar refractivity (Wildman–Crippen MR) is 58.6 cm³/mol. The minimum absolute atomic E-state index is 0.0174. The predicted octanol–water partition coefficient (Wildman–Crippen LogP) is 2.46. The van der Waals surface area contributed by atoms with Crippen molar-refractivity contribution < 1.29 is 14.3 Å². The highest BCUT2D eigenvalue weighted by Crippen LogP contribution is 2.13. The summed E-state index contributed by atoms with van der Waals surface area (Å²) in [7, 11) is 0. The molecule has 0 aliphatic carbocycles. The lowest BCUT2D eigenvalue weighted by Gasteiger charge is -2.21. The molecule has 0 N–H and O–H groups in total. The molecule has 1 saturated heterocycles. The number of rotatable bonds is 6. The Bertz CT molecular complexity index is 205. The largest absolute Gasteiger partial charge is 0.353 e. The van der Waals surface area contributed by atoms with E-state index in [9.17, 15) is 4.79 Å². The van der Waals surface area contributed by atoms with E-state index in [1.165, 1.54) is 6.42 Å². The standard InChI is InChI=1S/C12H20O3/c1-11(13)7-3-2-5-9-14-12-8-4-6-10-15-12/h2,5,12H,3-4,6-10H2,1H3/b5-2+. The second-order valence-corrected chi connectivity index (χ2v) is 3.84. The van der Waals surface area contributed by atoms with Gasteiger partial charge in [0.15, 0.2) is 6.29 Å². The third kappa shape index (κ3) is 6.42. The van der Waals surface area contributed by atoms with Gasteiger partial charge in [0, 0.05) is 13.0 Å². The van der Waals surface area contributed by atoms with E-state index >= 15 is 0 Å². The van der Waals surface area contributed by atoms with E-state index < -0.39 is 0 Å². The highest BCUT2D eigenvalue weighted by molar-refractivity contribution is 5.75. The molecule has 0 aromatic carbocycles. The van der Waals surface area contributed by atoms with Crippen LogP contribution in [-0.4, -0.2) is 25.3 Å². The van der Waals surface area contributed by atoms with Gasteiger partial charge in [-0.1, -0.05) is 12.2 Å². The van der Waals surface area contributed by atoms with E-state index in [1.54, 1.807) is 6.92 Å². The minimum Gasteiger partial charge on any atom is -0.353 e. The molecule has 0 aromatic heterocycles. The Kier molecular flexibility index (Phi) is 6.28. The summed E-state index contributed by atoms with van der Waals surface area (Å²) >= 11 is 0. The molecule has 0 spiro atoms. The zero-order valence-electron chi connectivity index (χ0n) is 9.41. The van der Waals surface area contributed by atoms with Crippen molar-refractivity contribution in [3.05, 3.63) is 12.2 Å². The van der Waals surface area contributed by atoms with Crippen molar-refractivity contribution in [1.82, 2.24) is 0 Å². The number of allylic oxidation sites excluding steroid dienone is 1. The molecular weight excluding hydrogens is 192 g/mol. The van der Waals surface area contributed by atoms with Gasteiger partial charge in [0.1, 0.15) is 5.78 Å². The van der Waals surface area contributed by atoms with Gasteiger partial charge in [0.05, 0.1) is 6.61 Å². The molecule has 1 aliphatic heterocycles. The van der Waals surface area contributed by atoms with E-state index in [0.717, 1.165) is 25.9 Å². The minimum atomic E-state index is -0.0174. The second-order valence-electron chi connectivity index (χ2n) is 3.84. The molecule has 0 saturated carbocycles. The Balaban J connectivity index is 1.97. The van der Waals surface area contributed by atoms with Crippen molar-refractivity contribution in [2.24, 2.45) is 0 Å². The summed E-state index contributed by atoms with van der Waals surface area (Å²) in [4.78, 5) is 10.6. The van der Waals surface area contributed by atoms with Crippen LogP contribution in [0.3, 0.4) is 0 Å². The first-order valence-electron chi connectivity index (χ1n) is 5.66. The molecule has 3 nitrogen and oxygen atoms in total. The molecule has 1 atom stereocenters. The summed E-state index contributed by atoms with van der Waals surface area (Å²) in [6.45, 7) is 3.02. The lowest BCUT2D eigenvalue weighted by atomic mass is 10.2. The van der Waals surface area contributed by atoms with Crippen molar-refractivity contribution in [3.8, 4) is 0 Å². The van der Waals surface area contributed by atoms with Crippen molar-refractivity contribution in [1.29, 1.82) is 0 Å². The fraction of sp³-hybridized carbons (Fsp3) is 0.750. The molecule has 0 bridgehead atoms. The topological polar surface area (TPSA) is 35.5 Å². The summed E-state index contributed by atoms with van der Waals surface area (Å²) in [5.74, 6) is 0.233. The lowest BCUT2D eigenvalue weighted by Crippen LogP contribution is -2.22. The highest BCUT2D eigenvalue weighted by Gasteiger charge is 2.12. The van der Waals surface area contributed by atoms with Crippen LogP contribution in [-0.2, 0) is 14.3 Å². The summed E-state index contributed by atoms with van der Waals surface area (Å²) in [6, 6.07) is 0. The highest BCUT2D eigenvalue weighted by atomic mass is 16.7. The molecule has 1 fully saturated rings. The quantitative estimate of drug-likeness (QED) is 0.634. The van der Waals surface area contributed by atoms with Gasteiger partial charge >= 0.3 is 0 Å². The van der Waals surface area contributed by atoms with Crippen LogP contribution < -0.4 is 0 Å². The van der Waals surface area contributed by atoms with Crippen molar-refractivity contribution in [2.75, 3.05) is 13.2 Å². The number of Topliss-reactive ketones (excluding diaryl/α,β-unsaturated/α-hetero) is 1. The zero-order chi connectivity index (χ0) is 10.9. The fourth-order valence-corrected chi connectivity index (χ4v) is 1.48. The molecule has 1 heterocycles. The number of ether oxygens (including phenoxy) is 2. The molecular formula is C12H20O3. The van der Waals surface area contributed by atoms with Gasteiger partial charge in [0.25, 0.3) is 0 Å². The van der Waals surface area contributed by atoms with Crippen LogP contribution in [0.15, 0.2) is 12.2 Å². The first kappa shape index (κ1) is 12.4. The normalized spacial score (nSPS) is 22.1. The number of hydrogen-bond acceptors (Lipinski definition) is 3. The van der Waals surface area contributed by atoms with E-state index in [0.29, 0.717) is 13.0 Å². The van der Waals surface area contributed by atoms with Gasteiger partial charge in [-0.05, 0) is 32.6 Å². The zero-order valence-corrected chi connectivity index (χ0v) is 9.41. The second kappa shape index (κ2) is 7.60. The Morgan fingerprint density at radius 2 is 2.33 bits per heavy atom. The van der Waals surface area contributed by atoms with Gasteiger partial charge in [-0.25, -0.2) is 0 Å². The Morgan fingerprint density at radius 1 is 1.47 bits per heavy atom. The number of hydrogen-bond donors (Lipinski definition) is 0. The molecule has 3 heteroatoms. The van der Waals surface area contributed by atoms with Crippen molar-refractivity contribution in [2.45, 2.75) is 45.3 Å². The van der Waals surface area contributed by atoms with Crippen molar-refractivity contribution >= 4 is 5.78 Å². The summed E-state index contributed by atoms with van der Waals surface area (Å²) in [5, 5.41) is 0. The molecule has 15 heavy (non-hydrogen) atoms. The molecule has 0 amide bonds. The van der Waals surface area contributed by atoms with Gasteiger partial charge in [-0.15, -0.1) is 0 Å². The first-order valence-corrected chi connectivity index (χ1v) is 5.66. The Morgan fingerprint density at radius 3 is 3.00 bits per heavy atom. The fourth-order valence-electron chi connectivity index (χ4n) is 1.48. The van der Waals surface area contributed by atoms with Crippen LogP contribution >= 0.6 is 0 Å². The van der Waals surface area contributed by atoms with E-state index in [4.69, 9.17) is 9.47 Å². The number of carbonyl (C=O) groups is 1. The smallest absolute Gasteiger partial charge is 0.157 e. The molecule has 1 rings (SSSR count). The third-order valence-corrected chi connectivity index (χ3v) is 2.35. The first-order chi connectivity index (χ1) is 7.29. The number of carbonyl (C=O) groups excluding carboxylic acids is 1. The summed E-state index contributed by atoms with van der Waals surface area (Å²) in [6.07, 6.45) is 8.70. The van der Waals surface area contributed by atoms with Crippen LogP contribution in [0, 0.1) is 0 Å². The van der Waals surface area contributed by atoms with Gasteiger partial charge < -0.3 is 14.3 Å². The summed E-state index contributed by atoms with van der Waals surface area (Å²) < 4.78 is 10.9. The van der Waals surface area contributed by atoms with E-state index in [-0.39, 0.29) is 12.1 Å². The maximum atomic E-state index is 10.6. The van der Waals surface area contributed by atoms with Crippen LogP contribution in [0.2, 0.25) is 0 Å². The maximum absolute atomic E-state index is 10.6. The van der Waals surface area contributed by atoms with Crippen molar-refractivity contribution in [3.63, 3.8) is 0 Å². The van der Waals surface area contributed by atoms with E-state index in [2.05, 4.69) is 0 Å². The molecule has 0 aromatic rings. The average molecular weight is 212 g/mol. The lowest BCUT2D eigenvalue weighted by molar-refractivity contribution is -0.155. The van der Waals surface area contributed by atoms with Gasteiger partial charge in [-0.2, -0.15) is 0 Å². The average Bonchev–Trinajstić information content (AvgIpc) is 2.24. The summed E-state index contributed by atoms with van der Waals surface area (Å²) in [5.41, 5.74) is 0. The Hall–Kier alpha value is -0.670. The maximum Gasteiger partial charge on any atom is 0.157 e. The van der Waals surface area contributed by atoms with Crippen LogP contribution in [0.25, 0.3) is 0 Å². The van der Waals surface area contributed by atoms with Crippen LogP contribution in [0.5, 0.6) is 0 Å². The third-order valence-electron chi connectivity index (χ3n) is 2.35. The molecule has 1 aliphatic rings. The number of ketones is 1. The van der Waals surface area contributed by atoms with E-state index in [1.807, 2.05) is 12.2 Å². The monoisotopic (exact) mass is 212 g/mol. The van der Waals surface area contributed by atoms with Gasteiger partial charge in [-0.3, -0.25) is 0 Å². The van der Waals surface area contributed by atoms with Crippen LogP contribution in [0.4, 0.5) is 0 Å². The molecule has 1 unspecified atom stereocenters.